The molecule has 0 saturated heterocycles. The van der Waals surface area contributed by atoms with Crippen LogP contribution in [0.5, 0.6) is 0 Å². The van der Waals surface area contributed by atoms with Crippen molar-refractivity contribution in [3.63, 3.8) is 0 Å². The van der Waals surface area contributed by atoms with Gasteiger partial charge in [-0.2, -0.15) is 0 Å². The first-order valence-corrected chi connectivity index (χ1v) is 8.73. The quantitative estimate of drug-likeness (QED) is 0.510. The van der Waals surface area contributed by atoms with Gasteiger partial charge >= 0.3 is 0 Å². The second kappa shape index (κ2) is 8.61. The molecule has 0 amide bonds. The Balaban J connectivity index is 1.64. The normalized spacial score (nSPS) is 30.4. The van der Waals surface area contributed by atoms with Gasteiger partial charge in [-0.25, -0.2) is 0 Å². The Morgan fingerprint density at radius 1 is 0.737 bits per heavy atom. The van der Waals surface area contributed by atoms with Gasteiger partial charge in [0.15, 0.2) is 0 Å². The summed E-state index contributed by atoms with van der Waals surface area (Å²) in [7, 11) is 0. The lowest BCUT2D eigenvalue weighted by Crippen LogP contribution is -2.12. The molecule has 108 valence electrons. The molecule has 0 heteroatoms. The molecule has 0 atom stereocenters. The van der Waals surface area contributed by atoms with E-state index in [9.17, 15) is 0 Å². The Hall–Kier alpha value is -0.520. The molecule has 0 nitrogen and oxygen atoms in total. The maximum atomic E-state index is 2.47. The Morgan fingerprint density at radius 2 is 1.32 bits per heavy atom. The summed E-state index contributed by atoms with van der Waals surface area (Å²) < 4.78 is 0. The minimum atomic E-state index is 0.865. The average Bonchev–Trinajstić information content (AvgIpc) is 2.47. The summed E-state index contributed by atoms with van der Waals surface area (Å²) in [5.74, 6) is 2.77. The van der Waals surface area contributed by atoms with Crippen LogP contribution in [0.2, 0.25) is 0 Å². The number of hydrogen-bond donors (Lipinski definition) is 0. The van der Waals surface area contributed by atoms with Gasteiger partial charge in [0.25, 0.3) is 0 Å². The molecule has 0 aromatic rings. The Bertz CT molecular complexity index is 272. The van der Waals surface area contributed by atoms with Gasteiger partial charge in [-0.1, -0.05) is 63.3 Å². The highest BCUT2D eigenvalue weighted by atomic mass is 14.2. The summed E-state index contributed by atoms with van der Waals surface area (Å²) in [5.41, 5.74) is 0. The fourth-order valence-corrected chi connectivity index (χ4v) is 3.85. The maximum absolute atomic E-state index is 2.47. The van der Waals surface area contributed by atoms with Crippen molar-refractivity contribution in [2.75, 3.05) is 0 Å². The fraction of sp³-hybridized carbons (Fsp3) is 0.789. The van der Waals surface area contributed by atoms with Crippen LogP contribution in [-0.2, 0) is 0 Å². The zero-order valence-electron chi connectivity index (χ0n) is 12.8. The molecule has 0 aromatic carbocycles. The molecule has 2 rings (SSSR count). The highest BCUT2D eigenvalue weighted by Crippen LogP contribution is 2.32. The molecule has 2 saturated carbocycles. The summed E-state index contributed by atoms with van der Waals surface area (Å²) in [4.78, 5) is 0. The van der Waals surface area contributed by atoms with E-state index in [1.54, 1.807) is 0 Å². The van der Waals surface area contributed by atoms with E-state index >= 15 is 0 Å². The lowest BCUT2D eigenvalue weighted by Gasteiger charge is -2.26. The molecule has 0 N–H and O–H groups in total. The van der Waals surface area contributed by atoms with Crippen LogP contribution in [0.3, 0.4) is 0 Å². The monoisotopic (exact) mass is 260 g/mol. The first-order chi connectivity index (χ1) is 9.38. The minimum absolute atomic E-state index is 0.865. The topological polar surface area (TPSA) is 0 Å². The largest absolute Gasteiger partial charge is 0.0814 e. The lowest BCUT2D eigenvalue weighted by atomic mass is 9.80. The second-order valence-corrected chi connectivity index (χ2v) is 6.74. The van der Waals surface area contributed by atoms with Crippen molar-refractivity contribution in [3.05, 3.63) is 24.3 Å². The molecule has 19 heavy (non-hydrogen) atoms. The predicted molar refractivity (Wildman–Crippen MR) is 85.2 cm³/mol. The molecule has 0 spiro atoms. The zero-order chi connectivity index (χ0) is 13.3. The zero-order valence-corrected chi connectivity index (χ0v) is 12.8. The summed E-state index contributed by atoms with van der Waals surface area (Å²) in [6.07, 6.45) is 25.4. The van der Waals surface area contributed by atoms with E-state index in [1.807, 2.05) is 0 Å². The molecule has 0 radical (unpaired) electrons. The molecule has 0 unspecified atom stereocenters. The third-order valence-electron chi connectivity index (χ3n) is 5.12. The van der Waals surface area contributed by atoms with Gasteiger partial charge in [0.05, 0.1) is 0 Å². The van der Waals surface area contributed by atoms with Gasteiger partial charge in [0.2, 0.25) is 0 Å². The van der Waals surface area contributed by atoms with Crippen molar-refractivity contribution in [3.8, 4) is 0 Å². The van der Waals surface area contributed by atoms with Gasteiger partial charge in [0, 0.05) is 0 Å². The van der Waals surface area contributed by atoms with Crippen LogP contribution in [0, 0.1) is 17.8 Å². The highest BCUT2D eigenvalue weighted by Gasteiger charge is 2.18. The van der Waals surface area contributed by atoms with Gasteiger partial charge in [-0.05, 0) is 56.3 Å². The van der Waals surface area contributed by atoms with Crippen molar-refractivity contribution in [1.82, 2.24) is 0 Å². The third kappa shape index (κ3) is 5.55. The van der Waals surface area contributed by atoms with Crippen molar-refractivity contribution in [2.45, 2.75) is 77.6 Å². The van der Waals surface area contributed by atoms with Crippen molar-refractivity contribution in [1.29, 1.82) is 0 Å². The molecule has 2 aliphatic rings. The van der Waals surface area contributed by atoms with Gasteiger partial charge in [-0.3, -0.25) is 0 Å². The maximum Gasteiger partial charge on any atom is -0.0230 e. The van der Waals surface area contributed by atoms with Crippen LogP contribution in [0.4, 0.5) is 0 Å². The van der Waals surface area contributed by atoms with E-state index in [0.717, 1.165) is 17.8 Å². The molecule has 2 fully saturated rings. The molecule has 0 heterocycles. The standard InChI is InChI=1S/C19H32/c1-2-8-17-13-15-19(16-14-17)12-7-6-11-18-9-4-3-5-10-18/h6-7,11-12,17-19H,2-5,8-10,13-16H2,1H3/b11-6+,12-7+. The smallest absolute Gasteiger partial charge is 0.0230 e. The van der Waals surface area contributed by atoms with Gasteiger partial charge in [-0.15, -0.1) is 0 Å². The van der Waals surface area contributed by atoms with Crippen LogP contribution in [0.1, 0.15) is 77.6 Å². The average molecular weight is 260 g/mol. The van der Waals surface area contributed by atoms with E-state index in [1.165, 1.54) is 70.6 Å². The third-order valence-corrected chi connectivity index (χ3v) is 5.12. The van der Waals surface area contributed by atoms with Crippen LogP contribution < -0.4 is 0 Å². The number of hydrogen-bond acceptors (Lipinski definition) is 0. The molecule has 0 aromatic heterocycles. The first kappa shape index (κ1) is 14.9. The molecule has 0 aliphatic heterocycles. The van der Waals surface area contributed by atoms with E-state index in [4.69, 9.17) is 0 Å². The number of rotatable bonds is 5. The lowest BCUT2D eigenvalue weighted by molar-refractivity contribution is 0.294. The fourth-order valence-electron chi connectivity index (χ4n) is 3.85. The Labute approximate surface area is 120 Å². The van der Waals surface area contributed by atoms with E-state index in [0.29, 0.717) is 0 Å². The summed E-state index contributed by atoms with van der Waals surface area (Å²) in [5, 5.41) is 0. The van der Waals surface area contributed by atoms with Crippen LogP contribution in [0.15, 0.2) is 24.3 Å². The van der Waals surface area contributed by atoms with Crippen molar-refractivity contribution >= 4 is 0 Å². The van der Waals surface area contributed by atoms with Crippen molar-refractivity contribution in [2.24, 2.45) is 17.8 Å². The Kier molecular flexibility index (Phi) is 6.74. The highest BCUT2D eigenvalue weighted by molar-refractivity contribution is 5.06. The summed E-state index contributed by atoms with van der Waals surface area (Å²) >= 11 is 0. The molecule has 0 bridgehead atoms. The van der Waals surface area contributed by atoms with E-state index < -0.39 is 0 Å². The minimum Gasteiger partial charge on any atom is -0.0814 e. The van der Waals surface area contributed by atoms with Crippen molar-refractivity contribution < 1.29 is 0 Å². The van der Waals surface area contributed by atoms with Gasteiger partial charge in [0.1, 0.15) is 0 Å². The SMILES string of the molecule is CCCC1CCC(/C=C/C=C/C2CCCCC2)CC1. The van der Waals surface area contributed by atoms with Gasteiger partial charge < -0.3 is 0 Å². The number of allylic oxidation sites excluding steroid dienone is 4. The molecular weight excluding hydrogens is 228 g/mol. The summed E-state index contributed by atoms with van der Waals surface area (Å²) in [6, 6.07) is 0. The molecular formula is C19H32. The second-order valence-electron chi connectivity index (χ2n) is 6.74. The van der Waals surface area contributed by atoms with Crippen LogP contribution in [0.25, 0.3) is 0 Å². The van der Waals surface area contributed by atoms with Crippen LogP contribution in [-0.4, -0.2) is 0 Å². The summed E-state index contributed by atoms with van der Waals surface area (Å²) in [6.45, 7) is 2.32. The first-order valence-electron chi connectivity index (χ1n) is 8.73. The van der Waals surface area contributed by atoms with Crippen LogP contribution >= 0.6 is 0 Å². The van der Waals surface area contributed by atoms with E-state index in [2.05, 4.69) is 31.2 Å². The molecule has 2 aliphatic carbocycles. The Morgan fingerprint density at radius 3 is 1.89 bits per heavy atom. The predicted octanol–water partition coefficient (Wildman–Crippen LogP) is 6.29. The van der Waals surface area contributed by atoms with E-state index in [-0.39, 0.29) is 0 Å².